The minimum atomic E-state index is -4.31. The first kappa shape index (κ1) is 29.2. The van der Waals surface area contributed by atoms with Gasteiger partial charge in [0.05, 0.1) is 15.5 Å². The predicted molar refractivity (Wildman–Crippen MR) is 148 cm³/mol. The molecule has 1 aromatic heterocycles. The van der Waals surface area contributed by atoms with Crippen molar-refractivity contribution in [1.29, 1.82) is 0 Å². The highest BCUT2D eigenvalue weighted by Crippen LogP contribution is 2.34. The van der Waals surface area contributed by atoms with Gasteiger partial charge in [0.2, 0.25) is 21.2 Å². The van der Waals surface area contributed by atoms with Crippen molar-refractivity contribution in [3.05, 3.63) is 84.8 Å². The van der Waals surface area contributed by atoms with Crippen molar-refractivity contribution in [3.63, 3.8) is 0 Å². The van der Waals surface area contributed by atoms with E-state index in [0.29, 0.717) is 25.3 Å². The Morgan fingerprint density at radius 2 is 1.82 bits per heavy atom. The van der Waals surface area contributed by atoms with Crippen LogP contribution in [0.25, 0.3) is 0 Å². The predicted octanol–water partition coefficient (Wildman–Crippen LogP) is 5.64. The van der Waals surface area contributed by atoms with Crippen LogP contribution >= 0.6 is 43.6 Å². The van der Waals surface area contributed by atoms with Crippen LogP contribution in [0, 0.1) is 11.6 Å². The molecule has 1 fully saturated rings. The Labute approximate surface area is 240 Å². The first-order chi connectivity index (χ1) is 18.1. The van der Waals surface area contributed by atoms with Crippen molar-refractivity contribution in [1.82, 2.24) is 9.21 Å². The average molecular weight is 694 g/mol. The second kappa shape index (κ2) is 12.6. The molecule has 1 aliphatic rings. The number of hydrogen-bond acceptors (Lipinski definition) is 7. The molecule has 2 aromatic carbocycles. The largest absolute Gasteiger partial charge is 0.482 e. The van der Waals surface area contributed by atoms with Crippen LogP contribution in [0.4, 0.5) is 8.78 Å². The molecule has 1 saturated heterocycles. The third-order valence-corrected chi connectivity index (χ3v) is 10.3. The van der Waals surface area contributed by atoms with Crippen LogP contribution in [-0.2, 0) is 23.2 Å². The zero-order valence-corrected chi connectivity index (χ0v) is 25.1. The topological polar surface area (TPSA) is 80.1 Å². The van der Waals surface area contributed by atoms with Gasteiger partial charge in [-0.3, -0.25) is 9.69 Å². The molecule has 0 radical (unpaired) electrons. The van der Waals surface area contributed by atoms with Crippen molar-refractivity contribution in [3.8, 4) is 5.75 Å². The lowest BCUT2D eigenvalue weighted by Crippen LogP contribution is -2.36. The summed E-state index contributed by atoms with van der Waals surface area (Å²) in [7, 11) is -4.31. The van der Waals surface area contributed by atoms with E-state index in [9.17, 15) is 22.0 Å². The van der Waals surface area contributed by atoms with E-state index in [1.165, 1.54) is 12.3 Å². The van der Waals surface area contributed by atoms with Crippen LogP contribution in [-0.4, -0.2) is 50.1 Å². The second-order valence-electron chi connectivity index (χ2n) is 8.54. The van der Waals surface area contributed by atoms with Crippen molar-refractivity contribution < 1.29 is 26.4 Å². The molecular weight excluding hydrogens is 670 g/mol. The summed E-state index contributed by atoms with van der Waals surface area (Å²) in [6, 6.07) is 10.1. The molecule has 3 aromatic rings. The summed E-state index contributed by atoms with van der Waals surface area (Å²) in [5.41, 5.74) is 0.607. The Kier molecular flexibility index (Phi) is 9.69. The molecule has 0 N–H and O–H groups in total. The maximum absolute atomic E-state index is 14.7. The number of rotatable bonds is 8. The zero-order chi connectivity index (χ0) is 27.4. The van der Waals surface area contributed by atoms with E-state index in [1.807, 2.05) is 35.4 Å². The summed E-state index contributed by atoms with van der Waals surface area (Å²) in [6.45, 7) is 1.53. The molecule has 0 spiro atoms. The van der Waals surface area contributed by atoms with Gasteiger partial charge in [0, 0.05) is 30.6 Å². The normalized spacial score (nSPS) is 15.4. The molecule has 0 unspecified atom stereocenters. The highest BCUT2D eigenvalue weighted by molar-refractivity contribution is 9.11. The Balaban J connectivity index is 1.39. The van der Waals surface area contributed by atoms with Gasteiger partial charge in [-0.2, -0.15) is 4.31 Å². The highest BCUT2D eigenvalue weighted by Gasteiger charge is 2.33. The number of sulfonamides is 1. The molecule has 204 valence electrons. The van der Waals surface area contributed by atoms with Crippen LogP contribution < -0.4 is 10.2 Å². The first-order valence-corrected chi connectivity index (χ1v) is 15.8. The standard InChI is InChI=1S/C25H24Br2F2N2O5S2/c1-37-18-5-3-16(4-6-18)14-36-22-15-35-17(11-21(22)32)13-30-7-2-8-31(10-9-30)38(33,34)25-23(27)20(28)12-19(26)24(25)29/h3-6,11-12,15H,2,7-10,13-14H2,1H3. The van der Waals surface area contributed by atoms with Crippen molar-refractivity contribution >= 4 is 53.6 Å². The first-order valence-electron chi connectivity index (χ1n) is 11.5. The number of benzene rings is 2. The maximum Gasteiger partial charge on any atom is 0.247 e. The molecule has 0 aliphatic carbocycles. The number of hydrogen-bond donors (Lipinski definition) is 0. The van der Waals surface area contributed by atoms with Gasteiger partial charge in [0.25, 0.3) is 0 Å². The second-order valence-corrected chi connectivity index (χ2v) is 12.9. The van der Waals surface area contributed by atoms with Crippen LogP contribution in [0.3, 0.4) is 0 Å². The summed E-state index contributed by atoms with van der Waals surface area (Å²) < 4.78 is 66.9. The van der Waals surface area contributed by atoms with Crippen molar-refractivity contribution in [2.24, 2.45) is 0 Å². The summed E-state index contributed by atoms with van der Waals surface area (Å²) in [6.07, 6.45) is 3.73. The van der Waals surface area contributed by atoms with Crippen LogP contribution in [0.1, 0.15) is 17.7 Å². The Morgan fingerprint density at radius 3 is 2.50 bits per heavy atom. The average Bonchev–Trinajstić information content (AvgIpc) is 3.13. The molecule has 13 heteroatoms. The van der Waals surface area contributed by atoms with Gasteiger partial charge in [-0.25, -0.2) is 17.2 Å². The summed E-state index contributed by atoms with van der Waals surface area (Å²) in [5.74, 6) is -1.43. The third-order valence-electron chi connectivity index (χ3n) is 6.00. The minimum absolute atomic E-state index is 0.0586. The summed E-state index contributed by atoms with van der Waals surface area (Å²) in [4.78, 5) is 14.9. The molecule has 0 atom stereocenters. The Bertz CT molecular complexity index is 1440. The smallest absolute Gasteiger partial charge is 0.247 e. The van der Waals surface area contributed by atoms with E-state index >= 15 is 0 Å². The number of ether oxygens (including phenoxy) is 1. The minimum Gasteiger partial charge on any atom is -0.482 e. The third kappa shape index (κ3) is 6.68. The molecule has 2 heterocycles. The molecular formula is C25H24Br2F2N2O5S2. The lowest BCUT2D eigenvalue weighted by molar-refractivity contribution is 0.245. The van der Waals surface area contributed by atoms with Crippen molar-refractivity contribution in [2.45, 2.75) is 29.4 Å². The SMILES string of the molecule is CSc1ccc(COc2coc(CN3CCCN(S(=O)(=O)c4c(F)c(Br)cc(F)c4Br)CC3)cc2=O)cc1. The molecule has 0 amide bonds. The molecule has 1 aliphatic heterocycles. The maximum atomic E-state index is 14.7. The molecule has 7 nitrogen and oxygen atoms in total. The molecule has 0 saturated carbocycles. The van der Waals surface area contributed by atoms with Crippen molar-refractivity contribution in [2.75, 3.05) is 32.4 Å². The molecule has 0 bridgehead atoms. The van der Waals surface area contributed by atoms with Gasteiger partial charge in [0.15, 0.2) is 5.82 Å². The van der Waals surface area contributed by atoms with Gasteiger partial charge in [-0.15, -0.1) is 11.8 Å². The number of thioether (sulfide) groups is 1. The van der Waals surface area contributed by atoms with E-state index in [4.69, 9.17) is 9.15 Å². The van der Waals surface area contributed by atoms with E-state index < -0.39 is 31.0 Å². The Hall–Kier alpha value is -1.77. The molecule has 4 rings (SSSR count). The number of halogens is 4. The number of nitrogens with zero attached hydrogens (tertiary/aromatic N) is 2. The fraction of sp³-hybridized carbons (Fsp3) is 0.320. The monoisotopic (exact) mass is 692 g/mol. The van der Waals surface area contributed by atoms with Gasteiger partial charge in [-0.05, 0) is 74.8 Å². The molecule has 38 heavy (non-hydrogen) atoms. The fourth-order valence-corrected chi connectivity index (χ4v) is 7.43. The quantitative estimate of drug-likeness (QED) is 0.223. The van der Waals surface area contributed by atoms with Gasteiger partial charge in [-0.1, -0.05) is 12.1 Å². The lowest BCUT2D eigenvalue weighted by atomic mass is 10.2. The van der Waals surface area contributed by atoms with E-state index in [2.05, 4.69) is 31.9 Å². The Morgan fingerprint density at radius 1 is 1.08 bits per heavy atom. The van der Waals surface area contributed by atoms with Crippen LogP contribution in [0.5, 0.6) is 5.75 Å². The highest BCUT2D eigenvalue weighted by atomic mass is 79.9. The zero-order valence-electron chi connectivity index (χ0n) is 20.3. The summed E-state index contributed by atoms with van der Waals surface area (Å²) >= 11 is 7.39. The summed E-state index contributed by atoms with van der Waals surface area (Å²) in [5, 5.41) is 0. The van der Waals surface area contributed by atoms with Crippen LogP contribution in [0.2, 0.25) is 0 Å². The van der Waals surface area contributed by atoms with Gasteiger partial charge in [0.1, 0.15) is 29.3 Å². The van der Waals surface area contributed by atoms with E-state index in [0.717, 1.165) is 20.8 Å². The fourth-order valence-electron chi connectivity index (χ4n) is 3.98. The lowest BCUT2D eigenvalue weighted by Gasteiger charge is -2.22. The van der Waals surface area contributed by atoms with Gasteiger partial charge >= 0.3 is 0 Å². The van der Waals surface area contributed by atoms with Crippen LogP contribution in [0.15, 0.2) is 70.6 Å². The van der Waals surface area contributed by atoms with E-state index in [1.54, 1.807) is 11.8 Å². The van der Waals surface area contributed by atoms with E-state index in [-0.39, 0.29) is 41.9 Å². The van der Waals surface area contributed by atoms with Gasteiger partial charge < -0.3 is 9.15 Å².